The molecular formula is C15H13BrN2O. The van der Waals surface area contributed by atoms with Gasteiger partial charge in [-0.05, 0) is 36.2 Å². The van der Waals surface area contributed by atoms with Crippen LogP contribution < -0.4 is 10.6 Å². The van der Waals surface area contributed by atoms with Crippen molar-refractivity contribution in [2.24, 2.45) is 0 Å². The van der Waals surface area contributed by atoms with Crippen LogP contribution in [0.15, 0.2) is 46.9 Å². The maximum Gasteiger partial charge on any atom is 0.260 e. The number of carbonyl (C=O) groups excluding carboxylic acids is 1. The molecule has 0 aromatic heterocycles. The van der Waals surface area contributed by atoms with Gasteiger partial charge >= 0.3 is 0 Å². The Hall–Kier alpha value is -1.81. The van der Waals surface area contributed by atoms with E-state index in [0.29, 0.717) is 17.8 Å². The van der Waals surface area contributed by atoms with Gasteiger partial charge in [-0.2, -0.15) is 0 Å². The first-order valence-corrected chi connectivity index (χ1v) is 6.91. The van der Waals surface area contributed by atoms with Crippen LogP contribution in [0.2, 0.25) is 0 Å². The van der Waals surface area contributed by atoms with Crippen LogP contribution in [0.1, 0.15) is 15.9 Å². The van der Waals surface area contributed by atoms with E-state index in [1.165, 1.54) is 0 Å². The van der Waals surface area contributed by atoms with Crippen LogP contribution in [0.3, 0.4) is 0 Å². The summed E-state index contributed by atoms with van der Waals surface area (Å²) in [5.74, 6) is -0.0162. The third-order valence-corrected chi connectivity index (χ3v) is 3.86. The highest BCUT2D eigenvalue weighted by molar-refractivity contribution is 9.10. The van der Waals surface area contributed by atoms with Gasteiger partial charge in [0.05, 0.1) is 5.56 Å². The van der Waals surface area contributed by atoms with Gasteiger partial charge in [-0.3, -0.25) is 4.79 Å². The fourth-order valence-corrected chi connectivity index (χ4v) is 2.84. The SMILES string of the molecule is Nc1cccc2c1C(=O)N(c1cccc(Br)c1)CC2. The van der Waals surface area contributed by atoms with E-state index in [1.807, 2.05) is 36.4 Å². The maximum absolute atomic E-state index is 12.6. The number of benzene rings is 2. The van der Waals surface area contributed by atoms with Gasteiger partial charge in [-0.15, -0.1) is 0 Å². The Balaban J connectivity index is 2.04. The van der Waals surface area contributed by atoms with E-state index in [4.69, 9.17) is 5.73 Å². The van der Waals surface area contributed by atoms with E-state index in [-0.39, 0.29) is 5.91 Å². The fourth-order valence-electron chi connectivity index (χ4n) is 2.45. The van der Waals surface area contributed by atoms with Crippen molar-refractivity contribution < 1.29 is 4.79 Å². The fraction of sp³-hybridized carbons (Fsp3) is 0.133. The van der Waals surface area contributed by atoms with E-state index in [9.17, 15) is 4.79 Å². The van der Waals surface area contributed by atoms with Gasteiger partial charge in [-0.1, -0.05) is 34.1 Å². The van der Waals surface area contributed by atoms with Crippen molar-refractivity contribution in [1.29, 1.82) is 0 Å². The van der Waals surface area contributed by atoms with Crippen molar-refractivity contribution in [3.63, 3.8) is 0 Å². The third-order valence-electron chi connectivity index (χ3n) is 3.37. The lowest BCUT2D eigenvalue weighted by molar-refractivity contribution is 0.0981. The minimum atomic E-state index is -0.0162. The molecule has 0 fully saturated rings. The van der Waals surface area contributed by atoms with E-state index < -0.39 is 0 Å². The molecule has 0 saturated heterocycles. The van der Waals surface area contributed by atoms with Gasteiger partial charge in [0, 0.05) is 22.4 Å². The molecule has 2 N–H and O–H groups in total. The number of carbonyl (C=O) groups is 1. The number of amides is 1. The predicted molar refractivity (Wildman–Crippen MR) is 80.4 cm³/mol. The quantitative estimate of drug-likeness (QED) is 0.821. The average molecular weight is 317 g/mol. The molecule has 1 aliphatic rings. The molecule has 0 unspecified atom stereocenters. The molecule has 0 atom stereocenters. The van der Waals surface area contributed by atoms with Crippen molar-refractivity contribution in [3.05, 3.63) is 58.1 Å². The van der Waals surface area contributed by atoms with Crippen LogP contribution in [0.5, 0.6) is 0 Å². The van der Waals surface area contributed by atoms with Crippen LogP contribution in [0, 0.1) is 0 Å². The van der Waals surface area contributed by atoms with Crippen molar-refractivity contribution >= 4 is 33.2 Å². The Kier molecular flexibility index (Phi) is 3.03. The Labute approximate surface area is 120 Å². The molecule has 1 amide bonds. The molecule has 4 heteroatoms. The highest BCUT2D eigenvalue weighted by atomic mass is 79.9. The number of nitrogens with two attached hydrogens (primary N) is 1. The van der Waals surface area contributed by atoms with E-state index in [2.05, 4.69) is 15.9 Å². The number of nitrogens with zero attached hydrogens (tertiary/aromatic N) is 1. The number of halogens is 1. The molecule has 0 saturated carbocycles. The Morgan fingerprint density at radius 2 is 1.95 bits per heavy atom. The van der Waals surface area contributed by atoms with Crippen LogP contribution in [0.4, 0.5) is 11.4 Å². The van der Waals surface area contributed by atoms with E-state index >= 15 is 0 Å². The summed E-state index contributed by atoms with van der Waals surface area (Å²) in [5, 5.41) is 0. The maximum atomic E-state index is 12.6. The zero-order valence-electron chi connectivity index (χ0n) is 10.3. The normalized spacial score (nSPS) is 14.4. The zero-order valence-corrected chi connectivity index (χ0v) is 11.9. The minimum absolute atomic E-state index is 0.0162. The molecule has 19 heavy (non-hydrogen) atoms. The van der Waals surface area contributed by atoms with Gasteiger partial charge in [0.25, 0.3) is 5.91 Å². The van der Waals surface area contributed by atoms with Crippen molar-refractivity contribution in [2.75, 3.05) is 17.2 Å². The summed E-state index contributed by atoms with van der Waals surface area (Å²) in [6.07, 6.45) is 0.832. The largest absolute Gasteiger partial charge is 0.398 e. The highest BCUT2D eigenvalue weighted by Gasteiger charge is 2.27. The molecular weight excluding hydrogens is 304 g/mol. The van der Waals surface area contributed by atoms with Crippen molar-refractivity contribution in [2.45, 2.75) is 6.42 Å². The summed E-state index contributed by atoms with van der Waals surface area (Å²) in [6, 6.07) is 13.4. The monoisotopic (exact) mass is 316 g/mol. The average Bonchev–Trinajstić information content (AvgIpc) is 2.39. The molecule has 96 valence electrons. The number of hydrogen-bond donors (Lipinski definition) is 1. The smallest absolute Gasteiger partial charge is 0.260 e. The summed E-state index contributed by atoms with van der Waals surface area (Å²) in [6.45, 7) is 0.686. The lowest BCUT2D eigenvalue weighted by atomic mass is 9.97. The molecule has 3 rings (SSSR count). The first-order valence-electron chi connectivity index (χ1n) is 6.11. The summed E-state index contributed by atoms with van der Waals surface area (Å²) in [7, 11) is 0. The van der Waals surface area contributed by atoms with Gasteiger partial charge in [-0.25, -0.2) is 0 Å². The number of hydrogen-bond acceptors (Lipinski definition) is 2. The topological polar surface area (TPSA) is 46.3 Å². The molecule has 1 aliphatic heterocycles. The summed E-state index contributed by atoms with van der Waals surface area (Å²) >= 11 is 3.43. The number of nitrogen functional groups attached to an aromatic ring is 1. The zero-order chi connectivity index (χ0) is 13.4. The predicted octanol–water partition coefficient (Wildman–Crippen LogP) is 3.23. The van der Waals surface area contributed by atoms with Gasteiger partial charge < -0.3 is 10.6 Å². The lowest BCUT2D eigenvalue weighted by Gasteiger charge is -2.29. The summed E-state index contributed by atoms with van der Waals surface area (Å²) in [4.78, 5) is 14.4. The van der Waals surface area contributed by atoms with Crippen LogP contribution in [0.25, 0.3) is 0 Å². The van der Waals surface area contributed by atoms with Gasteiger partial charge in [0.2, 0.25) is 0 Å². The van der Waals surface area contributed by atoms with Gasteiger partial charge in [0.15, 0.2) is 0 Å². The second-order valence-electron chi connectivity index (χ2n) is 4.57. The van der Waals surface area contributed by atoms with Crippen LogP contribution in [-0.2, 0) is 6.42 Å². The van der Waals surface area contributed by atoms with E-state index in [0.717, 1.165) is 22.1 Å². The third kappa shape index (κ3) is 2.12. The molecule has 2 aromatic rings. The molecule has 0 bridgehead atoms. The molecule has 0 aliphatic carbocycles. The van der Waals surface area contributed by atoms with Crippen LogP contribution >= 0.6 is 15.9 Å². The molecule has 0 radical (unpaired) electrons. The van der Waals surface area contributed by atoms with Crippen LogP contribution in [-0.4, -0.2) is 12.5 Å². The number of anilines is 2. The lowest BCUT2D eigenvalue weighted by Crippen LogP contribution is -2.38. The molecule has 3 nitrogen and oxygen atoms in total. The molecule has 1 heterocycles. The molecule has 2 aromatic carbocycles. The first kappa shape index (κ1) is 12.2. The Morgan fingerprint density at radius 3 is 2.74 bits per heavy atom. The second kappa shape index (κ2) is 4.70. The van der Waals surface area contributed by atoms with Gasteiger partial charge in [0.1, 0.15) is 0 Å². The van der Waals surface area contributed by atoms with Crippen molar-refractivity contribution in [3.8, 4) is 0 Å². The minimum Gasteiger partial charge on any atom is -0.398 e. The first-order chi connectivity index (χ1) is 9.16. The standard InChI is InChI=1S/C15H13BrN2O/c16-11-4-2-5-12(9-11)18-8-7-10-3-1-6-13(17)14(10)15(18)19/h1-6,9H,7-8,17H2. The summed E-state index contributed by atoms with van der Waals surface area (Å²) in [5.41, 5.74) is 9.08. The second-order valence-corrected chi connectivity index (χ2v) is 5.48. The molecule has 0 spiro atoms. The Bertz CT molecular complexity index is 654. The van der Waals surface area contributed by atoms with E-state index in [1.54, 1.807) is 11.0 Å². The Morgan fingerprint density at radius 1 is 1.16 bits per heavy atom. The summed E-state index contributed by atoms with van der Waals surface area (Å²) < 4.78 is 0.963. The number of fused-ring (bicyclic) bond motifs is 1. The highest BCUT2D eigenvalue weighted by Crippen LogP contribution is 2.29. The van der Waals surface area contributed by atoms with Crippen molar-refractivity contribution in [1.82, 2.24) is 0 Å². The number of rotatable bonds is 1.